The van der Waals surface area contributed by atoms with Gasteiger partial charge in [-0.1, -0.05) is 0 Å². The first kappa shape index (κ1) is 13.6. The zero-order valence-electron chi connectivity index (χ0n) is 11.6. The molecule has 19 heavy (non-hydrogen) atoms. The van der Waals surface area contributed by atoms with Crippen LogP contribution in [0.15, 0.2) is 18.5 Å². The van der Waals surface area contributed by atoms with E-state index in [-0.39, 0.29) is 11.8 Å². The number of nitrogens with zero attached hydrogens (tertiary/aromatic N) is 2. The molecule has 0 radical (unpaired) electrons. The van der Waals surface area contributed by atoms with Gasteiger partial charge in [0.2, 0.25) is 5.91 Å². The van der Waals surface area contributed by atoms with Crippen LogP contribution in [0.2, 0.25) is 0 Å². The van der Waals surface area contributed by atoms with Gasteiger partial charge in [-0.05, 0) is 32.8 Å². The number of pyridine rings is 1. The third kappa shape index (κ3) is 3.16. The van der Waals surface area contributed by atoms with E-state index in [9.17, 15) is 4.79 Å². The molecule has 2 atom stereocenters. The number of piperidine rings is 1. The lowest BCUT2D eigenvalue weighted by Gasteiger charge is -2.38. The van der Waals surface area contributed by atoms with Gasteiger partial charge >= 0.3 is 0 Å². The highest BCUT2D eigenvalue weighted by molar-refractivity contribution is 5.77. The van der Waals surface area contributed by atoms with Crippen molar-refractivity contribution in [3.05, 3.63) is 18.5 Å². The van der Waals surface area contributed by atoms with Gasteiger partial charge in [0.15, 0.2) is 0 Å². The summed E-state index contributed by atoms with van der Waals surface area (Å²) < 4.78 is 0. The van der Waals surface area contributed by atoms with Gasteiger partial charge in [0.05, 0.1) is 29.7 Å². The summed E-state index contributed by atoms with van der Waals surface area (Å²) in [5.41, 5.74) is 7.50. The van der Waals surface area contributed by atoms with Gasteiger partial charge in [-0.2, -0.15) is 0 Å². The van der Waals surface area contributed by atoms with Gasteiger partial charge in [-0.25, -0.2) is 0 Å². The van der Waals surface area contributed by atoms with Gasteiger partial charge in [-0.15, -0.1) is 0 Å². The van der Waals surface area contributed by atoms with Crippen LogP contribution in [0.4, 0.5) is 11.4 Å². The summed E-state index contributed by atoms with van der Waals surface area (Å²) in [6.07, 6.45) is 5.53. The Morgan fingerprint density at radius 3 is 3.00 bits per heavy atom. The van der Waals surface area contributed by atoms with Crippen molar-refractivity contribution in [1.82, 2.24) is 4.98 Å². The number of anilines is 2. The summed E-state index contributed by atoms with van der Waals surface area (Å²) in [7, 11) is 0. The maximum Gasteiger partial charge on any atom is 0.222 e. The number of carbonyl (C=O) groups excluding carboxylic acids is 1. The number of hydrogen-bond donors (Lipinski definition) is 2. The second-order valence-electron chi connectivity index (χ2n) is 5.14. The normalized spacial score (nSPS) is 23.2. The van der Waals surface area contributed by atoms with E-state index >= 15 is 0 Å². The Morgan fingerprint density at radius 1 is 1.53 bits per heavy atom. The van der Waals surface area contributed by atoms with Crippen molar-refractivity contribution in [2.75, 3.05) is 23.3 Å². The van der Waals surface area contributed by atoms with Gasteiger partial charge in [-0.3, -0.25) is 9.78 Å². The zero-order valence-corrected chi connectivity index (χ0v) is 11.6. The van der Waals surface area contributed by atoms with Crippen LogP contribution in [0, 0.1) is 5.92 Å². The number of rotatable bonds is 4. The van der Waals surface area contributed by atoms with Gasteiger partial charge in [0, 0.05) is 19.1 Å². The first-order chi connectivity index (χ1) is 9.11. The number of hydrogen-bond acceptors (Lipinski definition) is 4. The van der Waals surface area contributed by atoms with Gasteiger partial charge in [0.1, 0.15) is 0 Å². The van der Waals surface area contributed by atoms with E-state index in [1.807, 2.05) is 12.4 Å². The summed E-state index contributed by atoms with van der Waals surface area (Å²) in [6.45, 7) is 5.79. The molecule has 1 amide bonds. The van der Waals surface area contributed by atoms with E-state index in [1.165, 1.54) is 0 Å². The van der Waals surface area contributed by atoms with Crippen molar-refractivity contribution < 1.29 is 4.79 Å². The second-order valence-corrected chi connectivity index (χ2v) is 5.14. The van der Waals surface area contributed by atoms with Gasteiger partial charge in [0.25, 0.3) is 0 Å². The zero-order chi connectivity index (χ0) is 13.8. The van der Waals surface area contributed by atoms with E-state index in [1.54, 1.807) is 0 Å². The predicted molar refractivity (Wildman–Crippen MR) is 77.1 cm³/mol. The van der Waals surface area contributed by atoms with Crippen LogP contribution in [0.5, 0.6) is 0 Å². The first-order valence-corrected chi connectivity index (χ1v) is 6.86. The molecule has 1 aromatic heterocycles. The molecule has 1 aliphatic rings. The molecular formula is C14H22N4O. The van der Waals surface area contributed by atoms with E-state index < -0.39 is 0 Å². The summed E-state index contributed by atoms with van der Waals surface area (Å²) in [4.78, 5) is 17.9. The lowest BCUT2D eigenvalue weighted by atomic mass is 9.92. The molecule has 1 fully saturated rings. The number of amides is 1. The van der Waals surface area contributed by atoms with Crippen molar-refractivity contribution in [2.45, 2.75) is 32.7 Å². The summed E-state index contributed by atoms with van der Waals surface area (Å²) in [5, 5.41) is 3.26. The second kappa shape index (κ2) is 5.91. The molecule has 1 aliphatic heterocycles. The lowest BCUT2D eigenvalue weighted by Crippen LogP contribution is -2.45. The Kier molecular flexibility index (Phi) is 4.24. The van der Waals surface area contributed by atoms with Crippen molar-refractivity contribution in [1.29, 1.82) is 0 Å². The Morgan fingerprint density at radius 2 is 2.32 bits per heavy atom. The molecule has 0 saturated carbocycles. The Labute approximate surface area is 114 Å². The molecule has 1 aromatic rings. The maximum absolute atomic E-state index is 11.4. The maximum atomic E-state index is 11.4. The highest BCUT2D eigenvalue weighted by Crippen LogP contribution is 2.28. The standard InChI is InChI=1S/C14H22N4O/c1-3-17-12-6-13(8-16-7-12)18-9-11(14(15)19)5-4-10(18)2/h6-8,10-11,17H,3-5,9H2,1-2H3,(H2,15,19). The molecule has 0 aromatic carbocycles. The fraction of sp³-hybridized carbons (Fsp3) is 0.571. The molecule has 2 rings (SSSR count). The van der Waals surface area contributed by atoms with Crippen molar-refractivity contribution >= 4 is 17.3 Å². The lowest BCUT2D eigenvalue weighted by molar-refractivity contribution is -0.122. The van der Waals surface area contributed by atoms with Crippen LogP contribution in [-0.4, -0.2) is 30.0 Å². The van der Waals surface area contributed by atoms with Crippen molar-refractivity contribution in [3.8, 4) is 0 Å². The minimum Gasteiger partial charge on any atom is -0.384 e. The number of nitrogens with one attached hydrogen (secondary N) is 1. The minimum absolute atomic E-state index is 0.0565. The Hall–Kier alpha value is -1.78. The first-order valence-electron chi connectivity index (χ1n) is 6.86. The molecule has 5 nitrogen and oxygen atoms in total. The summed E-state index contributed by atoms with van der Waals surface area (Å²) in [5.74, 6) is -0.258. The molecule has 3 N–H and O–H groups in total. The van der Waals surface area contributed by atoms with Crippen LogP contribution in [0.3, 0.4) is 0 Å². The number of aromatic nitrogens is 1. The highest BCUT2D eigenvalue weighted by Gasteiger charge is 2.28. The molecule has 2 heterocycles. The summed E-state index contributed by atoms with van der Waals surface area (Å²) in [6, 6.07) is 2.49. The van der Waals surface area contributed by atoms with E-state index in [2.05, 4.69) is 35.1 Å². The minimum atomic E-state index is -0.201. The fourth-order valence-corrected chi connectivity index (χ4v) is 2.58. The molecule has 104 valence electrons. The van der Waals surface area contributed by atoms with E-state index in [0.717, 1.165) is 30.8 Å². The van der Waals surface area contributed by atoms with Crippen LogP contribution in [0.1, 0.15) is 26.7 Å². The van der Waals surface area contributed by atoms with Crippen LogP contribution in [-0.2, 0) is 4.79 Å². The van der Waals surface area contributed by atoms with E-state index in [4.69, 9.17) is 5.73 Å². The van der Waals surface area contributed by atoms with Crippen LogP contribution >= 0.6 is 0 Å². The monoisotopic (exact) mass is 262 g/mol. The number of primary amides is 1. The third-order valence-electron chi connectivity index (χ3n) is 3.72. The largest absolute Gasteiger partial charge is 0.384 e. The fourth-order valence-electron chi connectivity index (χ4n) is 2.58. The molecule has 5 heteroatoms. The SMILES string of the molecule is CCNc1cncc(N2CC(C(N)=O)CCC2C)c1. The summed E-state index contributed by atoms with van der Waals surface area (Å²) >= 11 is 0. The van der Waals surface area contributed by atoms with Crippen LogP contribution in [0.25, 0.3) is 0 Å². The Balaban J connectivity index is 2.18. The number of nitrogens with two attached hydrogens (primary N) is 1. The molecule has 0 bridgehead atoms. The topological polar surface area (TPSA) is 71.2 Å². The molecule has 1 saturated heterocycles. The number of carbonyl (C=O) groups is 1. The highest BCUT2D eigenvalue weighted by atomic mass is 16.1. The van der Waals surface area contributed by atoms with E-state index in [0.29, 0.717) is 12.6 Å². The van der Waals surface area contributed by atoms with Crippen molar-refractivity contribution in [2.24, 2.45) is 11.7 Å². The molecular weight excluding hydrogens is 240 g/mol. The quantitative estimate of drug-likeness (QED) is 0.864. The van der Waals surface area contributed by atoms with Gasteiger partial charge < -0.3 is 16.0 Å². The van der Waals surface area contributed by atoms with Crippen LogP contribution < -0.4 is 16.0 Å². The molecule has 0 aliphatic carbocycles. The van der Waals surface area contributed by atoms with Crippen molar-refractivity contribution in [3.63, 3.8) is 0 Å². The average Bonchev–Trinajstić information content (AvgIpc) is 2.39. The smallest absolute Gasteiger partial charge is 0.222 e. The predicted octanol–water partition coefficient (Wildman–Crippen LogP) is 1.60. The average molecular weight is 262 g/mol. The molecule has 2 unspecified atom stereocenters. The third-order valence-corrected chi connectivity index (χ3v) is 3.72. The molecule has 0 spiro atoms. The Bertz CT molecular complexity index is 449.